The minimum atomic E-state index is -5.71. The number of methoxy groups -OCH3 is 1. The summed E-state index contributed by atoms with van der Waals surface area (Å²) in [6.45, 7) is 2.39. The van der Waals surface area contributed by atoms with Gasteiger partial charge in [-0.05, 0) is 36.0 Å². The van der Waals surface area contributed by atoms with E-state index in [4.69, 9.17) is 4.74 Å². The van der Waals surface area contributed by atoms with E-state index < -0.39 is 24.5 Å². The lowest BCUT2D eigenvalue weighted by Crippen LogP contribution is -2.60. The summed E-state index contributed by atoms with van der Waals surface area (Å²) >= 11 is 0. The Morgan fingerprint density at radius 3 is 2.03 bits per heavy atom. The number of hydrogen-bond acceptors (Lipinski definition) is 4. The zero-order chi connectivity index (χ0) is 22.2. The van der Waals surface area contributed by atoms with Crippen LogP contribution in [0.25, 0.3) is 0 Å². The summed E-state index contributed by atoms with van der Waals surface area (Å²) in [5.74, 6) is 0.761. The number of amides is 1. The molecule has 0 bridgehead atoms. The summed E-state index contributed by atoms with van der Waals surface area (Å²) < 4.78 is 84.3. The smallest absolute Gasteiger partial charge is 0.434 e. The molecule has 168 valence electrons. The van der Waals surface area contributed by atoms with Crippen molar-refractivity contribution in [3.8, 4) is 5.75 Å². The molecule has 0 atom stereocenters. The minimum absolute atomic E-state index is 0.0671. The zero-order valence-electron chi connectivity index (χ0n) is 16.2. The van der Waals surface area contributed by atoms with E-state index in [9.17, 15) is 31.1 Å². The fraction of sp³-hybridized carbons (Fsp3) is 0.632. The molecule has 3 rings (SSSR count). The van der Waals surface area contributed by atoms with Gasteiger partial charge in [0.25, 0.3) is 6.10 Å². The predicted molar refractivity (Wildman–Crippen MR) is 93.9 cm³/mol. The SMILES string of the molecule is COc1ccc(CN2CC3(CCN(C(=O)OC(C(F)(F)F)C(F)(F)F)CC3)C2)cc1. The standard InChI is InChI=1S/C19H22F6N2O3/c1-29-14-4-2-13(3-5-14)10-26-11-17(12-26)6-8-27(9-7-17)16(28)30-15(18(20,21)22)19(23,24)25/h2-5,15H,6-12H2,1H3. The van der Waals surface area contributed by atoms with Gasteiger partial charge in [0.2, 0.25) is 0 Å². The topological polar surface area (TPSA) is 42.0 Å². The number of hydrogen-bond donors (Lipinski definition) is 0. The lowest BCUT2D eigenvalue weighted by atomic mass is 9.72. The summed E-state index contributed by atoms with van der Waals surface area (Å²) in [7, 11) is 1.59. The van der Waals surface area contributed by atoms with Crippen LogP contribution in [0.4, 0.5) is 31.1 Å². The van der Waals surface area contributed by atoms with Gasteiger partial charge in [-0.2, -0.15) is 26.3 Å². The molecule has 0 unspecified atom stereocenters. The van der Waals surface area contributed by atoms with Crippen LogP contribution < -0.4 is 4.74 Å². The molecule has 2 aliphatic heterocycles. The van der Waals surface area contributed by atoms with Crippen molar-refractivity contribution >= 4 is 6.09 Å². The molecule has 2 heterocycles. The molecule has 2 saturated heterocycles. The number of nitrogens with zero attached hydrogens (tertiary/aromatic N) is 2. The van der Waals surface area contributed by atoms with Gasteiger partial charge in [-0.3, -0.25) is 4.90 Å². The van der Waals surface area contributed by atoms with Crippen LogP contribution in [0.2, 0.25) is 0 Å². The molecule has 1 amide bonds. The van der Waals surface area contributed by atoms with Gasteiger partial charge < -0.3 is 14.4 Å². The quantitative estimate of drug-likeness (QED) is 0.658. The molecular formula is C19H22F6N2O3. The van der Waals surface area contributed by atoms with Crippen molar-refractivity contribution in [2.24, 2.45) is 5.41 Å². The fourth-order valence-electron chi connectivity index (χ4n) is 3.98. The Bertz CT molecular complexity index is 720. The van der Waals surface area contributed by atoms with Crippen molar-refractivity contribution in [1.82, 2.24) is 9.80 Å². The largest absolute Gasteiger partial charge is 0.497 e. The lowest BCUT2D eigenvalue weighted by molar-refractivity contribution is -0.308. The van der Waals surface area contributed by atoms with Crippen molar-refractivity contribution in [1.29, 1.82) is 0 Å². The number of alkyl halides is 6. The van der Waals surface area contributed by atoms with Gasteiger partial charge in [0.1, 0.15) is 5.75 Å². The van der Waals surface area contributed by atoms with Crippen molar-refractivity contribution in [2.45, 2.75) is 37.8 Å². The second-order valence-corrected chi connectivity index (χ2v) is 7.83. The van der Waals surface area contributed by atoms with Crippen molar-refractivity contribution in [2.75, 3.05) is 33.3 Å². The molecule has 1 aromatic rings. The van der Waals surface area contributed by atoms with Crippen LogP contribution in [0.15, 0.2) is 24.3 Å². The highest BCUT2D eigenvalue weighted by Crippen LogP contribution is 2.42. The number of likely N-dealkylation sites (tertiary alicyclic amines) is 2. The predicted octanol–water partition coefficient (Wildman–Crippen LogP) is 4.22. The summed E-state index contributed by atoms with van der Waals surface area (Å²) in [6, 6.07) is 7.65. The van der Waals surface area contributed by atoms with Crippen LogP contribution in [0, 0.1) is 5.41 Å². The van der Waals surface area contributed by atoms with Crippen molar-refractivity contribution < 1.29 is 40.6 Å². The molecule has 0 N–H and O–H groups in total. The molecule has 30 heavy (non-hydrogen) atoms. The van der Waals surface area contributed by atoms with E-state index in [0.717, 1.165) is 35.8 Å². The first-order valence-electron chi connectivity index (χ1n) is 9.36. The van der Waals surface area contributed by atoms with Gasteiger partial charge in [-0.25, -0.2) is 4.79 Å². The molecule has 1 spiro atoms. The molecule has 0 aliphatic carbocycles. The second kappa shape index (κ2) is 8.16. The first-order valence-corrected chi connectivity index (χ1v) is 9.36. The van der Waals surface area contributed by atoms with E-state index in [1.807, 2.05) is 24.3 Å². The monoisotopic (exact) mass is 440 g/mol. The highest BCUT2D eigenvalue weighted by Gasteiger charge is 2.60. The summed E-state index contributed by atoms with van der Waals surface area (Å²) in [5, 5.41) is 0. The third kappa shape index (κ3) is 5.11. The van der Waals surface area contributed by atoms with Crippen molar-refractivity contribution in [3.63, 3.8) is 0 Å². The Morgan fingerprint density at radius 2 is 1.57 bits per heavy atom. The third-order valence-corrected chi connectivity index (χ3v) is 5.58. The van der Waals surface area contributed by atoms with Crippen LogP contribution in [-0.4, -0.2) is 67.6 Å². The number of piperidine rings is 1. The van der Waals surface area contributed by atoms with E-state index in [-0.39, 0.29) is 18.5 Å². The summed E-state index contributed by atoms with van der Waals surface area (Å²) in [6.07, 6.45) is -16.1. The van der Waals surface area contributed by atoms with Crippen LogP contribution in [0.1, 0.15) is 18.4 Å². The van der Waals surface area contributed by atoms with Gasteiger partial charge >= 0.3 is 18.4 Å². The normalized spacial score (nSPS) is 19.7. The summed E-state index contributed by atoms with van der Waals surface area (Å²) in [4.78, 5) is 15.0. The van der Waals surface area contributed by atoms with Gasteiger partial charge in [0.05, 0.1) is 7.11 Å². The number of benzene rings is 1. The van der Waals surface area contributed by atoms with Crippen LogP contribution in [-0.2, 0) is 11.3 Å². The van der Waals surface area contributed by atoms with Crippen LogP contribution >= 0.6 is 0 Å². The Balaban J connectivity index is 1.47. The average molecular weight is 440 g/mol. The number of carbonyl (C=O) groups is 1. The summed E-state index contributed by atoms with van der Waals surface area (Å²) in [5.41, 5.74) is 1.04. The maximum atomic E-state index is 12.6. The molecule has 2 fully saturated rings. The molecule has 5 nitrogen and oxygen atoms in total. The van der Waals surface area contributed by atoms with Crippen LogP contribution in [0.5, 0.6) is 5.75 Å². The van der Waals surface area contributed by atoms with Gasteiger partial charge in [-0.1, -0.05) is 12.1 Å². The highest BCUT2D eigenvalue weighted by atomic mass is 19.4. The van der Waals surface area contributed by atoms with E-state index in [2.05, 4.69) is 9.64 Å². The average Bonchev–Trinajstić information content (AvgIpc) is 2.64. The van der Waals surface area contributed by atoms with E-state index in [1.54, 1.807) is 7.11 Å². The van der Waals surface area contributed by atoms with Crippen molar-refractivity contribution in [3.05, 3.63) is 29.8 Å². The molecule has 1 aromatic carbocycles. The van der Waals surface area contributed by atoms with E-state index in [0.29, 0.717) is 12.8 Å². The molecule has 0 radical (unpaired) electrons. The molecule has 11 heteroatoms. The lowest BCUT2D eigenvalue weighted by Gasteiger charge is -2.54. The second-order valence-electron chi connectivity index (χ2n) is 7.83. The zero-order valence-corrected chi connectivity index (χ0v) is 16.2. The number of ether oxygens (including phenoxy) is 2. The first kappa shape index (κ1) is 22.5. The first-order chi connectivity index (χ1) is 13.9. The number of carbonyl (C=O) groups excluding carboxylic acids is 1. The van der Waals surface area contributed by atoms with E-state index >= 15 is 0 Å². The van der Waals surface area contributed by atoms with Gasteiger partial charge in [0.15, 0.2) is 0 Å². The number of halogens is 6. The fourth-order valence-corrected chi connectivity index (χ4v) is 3.98. The maximum Gasteiger partial charge on any atom is 0.434 e. The van der Waals surface area contributed by atoms with E-state index in [1.165, 1.54) is 0 Å². The molecule has 0 saturated carbocycles. The minimum Gasteiger partial charge on any atom is -0.497 e. The Hall–Kier alpha value is -2.17. The van der Waals surface area contributed by atoms with Crippen LogP contribution in [0.3, 0.4) is 0 Å². The molecule has 0 aromatic heterocycles. The molecule has 2 aliphatic rings. The van der Waals surface area contributed by atoms with Gasteiger partial charge in [0, 0.05) is 32.7 Å². The van der Waals surface area contributed by atoms with Gasteiger partial charge in [-0.15, -0.1) is 0 Å². The Kier molecular flexibility index (Phi) is 6.13. The Morgan fingerprint density at radius 1 is 1.03 bits per heavy atom. The maximum absolute atomic E-state index is 12.6. The Labute approximate surface area is 169 Å². The third-order valence-electron chi connectivity index (χ3n) is 5.58. The molecular weight excluding hydrogens is 418 g/mol. The highest BCUT2D eigenvalue weighted by molar-refractivity contribution is 5.68. The number of rotatable bonds is 4.